The average molecular weight is 493 g/mol. The number of hydrogen-bond donors (Lipinski definition) is 1. The Bertz CT molecular complexity index is 1290. The van der Waals surface area contributed by atoms with Gasteiger partial charge in [0.2, 0.25) is 5.88 Å². The Morgan fingerprint density at radius 1 is 1.17 bits per heavy atom. The molecule has 0 fully saturated rings. The molecule has 182 valence electrons. The molecule has 1 aliphatic rings. The molecule has 9 nitrogen and oxygen atoms in total. The van der Waals surface area contributed by atoms with E-state index >= 15 is 0 Å². The molecule has 0 radical (unpaired) electrons. The van der Waals surface area contributed by atoms with Crippen molar-refractivity contribution in [1.29, 1.82) is 0 Å². The van der Waals surface area contributed by atoms with Crippen LogP contribution in [0.4, 0.5) is 22.0 Å². The van der Waals surface area contributed by atoms with Crippen LogP contribution in [0.15, 0.2) is 47.9 Å². The van der Waals surface area contributed by atoms with Crippen LogP contribution in [-0.2, 0) is 12.0 Å². The number of nitrogens with zero attached hydrogens (tertiary/aromatic N) is 5. The lowest BCUT2D eigenvalue weighted by Crippen LogP contribution is -2.46. The summed E-state index contributed by atoms with van der Waals surface area (Å²) in [6.07, 6.45) is 5.11. The highest BCUT2D eigenvalue weighted by Gasteiger charge is 2.33. The van der Waals surface area contributed by atoms with E-state index in [4.69, 9.17) is 4.74 Å². The van der Waals surface area contributed by atoms with Crippen LogP contribution in [0.3, 0.4) is 0 Å². The van der Waals surface area contributed by atoms with E-state index in [1.165, 1.54) is 34.9 Å². The average Bonchev–Trinajstić information content (AvgIpc) is 2.85. The number of nitrogens with one attached hydrogen (secondary N) is 1. The van der Waals surface area contributed by atoms with Crippen LogP contribution in [0, 0.1) is 0 Å². The van der Waals surface area contributed by atoms with Crippen molar-refractivity contribution in [1.82, 2.24) is 15.0 Å². The molecular formula is C25H28N6O3S. The van der Waals surface area contributed by atoms with Crippen molar-refractivity contribution >= 4 is 40.9 Å². The number of fused-ring (bicyclic) bond motifs is 1. The molecule has 0 bridgehead atoms. The fourth-order valence-electron chi connectivity index (χ4n) is 3.77. The van der Waals surface area contributed by atoms with Gasteiger partial charge in [0.05, 0.1) is 25.5 Å². The third-order valence-corrected chi connectivity index (χ3v) is 6.29. The van der Waals surface area contributed by atoms with Crippen LogP contribution in [0.25, 0.3) is 0 Å². The molecule has 3 aromatic rings. The van der Waals surface area contributed by atoms with Crippen molar-refractivity contribution in [3.05, 3.63) is 59.4 Å². The summed E-state index contributed by atoms with van der Waals surface area (Å²) in [6, 6.07) is 8.93. The lowest BCUT2D eigenvalue weighted by Gasteiger charge is -2.34. The fourth-order valence-corrected chi connectivity index (χ4v) is 4.11. The van der Waals surface area contributed by atoms with Gasteiger partial charge in [0.25, 0.3) is 5.91 Å². The maximum Gasteiger partial charge on any atom is 0.330 e. The topological polar surface area (TPSA) is 101 Å². The Kier molecular flexibility index (Phi) is 6.66. The second kappa shape index (κ2) is 9.53. The number of anilines is 3. The van der Waals surface area contributed by atoms with Crippen molar-refractivity contribution in [3.8, 4) is 5.88 Å². The number of urea groups is 1. The first-order valence-electron chi connectivity index (χ1n) is 11.0. The summed E-state index contributed by atoms with van der Waals surface area (Å²) in [4.78, 5) is 42.4. The number of benzene rings is 1. The van der Waals surface area contributed by atoms with Crippen molar-refractivity contribution < 1.29 is 14.3 Å². The van der Waals surface area contributed by atoms with Crippen LogP contribution in [0.5, 0.6) is 5.88 Å². The van der Waals surface area contributed by atoms with E-state index < -0.39 is 0 Å². The van der Waals surface area contributed by atoms with E-state index in [-0.39, 0.29) is 29.8 Å². The summed E-state index contributed by atoms with van der Waals surface area (Å²) in [5.41, 5.74) is 3.20. The monoisotopic (exact) mass is 492 g/mol. The molecule has 1 aromatic carbocycles. The highest BCUT2D eigenvalue weighted by Crippen LogP contribution is 2.35. The van der Waals surface area contributed by atoms with Gasteiger partial charge in [-0.25, -0.2) is 19.7 Å². The first kappa shape index (κ1) is 24.5. The summed E-state index contributed by atoms with van der Waals surface area (Å²) < 4.78 is 5.43. The SMILES string of the molecule is COc1ncc(NC(=O)c2cccc(C(C)(C)C)c2)cc1N1Cc2cnc(SC)nc2N(C)C1=O. The molecule has 0 atom stereocenters. The maximum absolute atomic E-state index is 13.3. The number of rotatable bonds is 5. The predicted octanol–water partition coefficient (Wildman–Crippen LogP) is 4.73. The second-order valence-corrected chi connectivity index (χ2v) is 9.94. The summed E-state index contributed by atoms with van der Waals surface area (Å²) in [5.74, 6) is 0.574. The van der Waals surface area contributed by atoms with Gasteiger partial charge in [-0.3, -0.25) is 14.6 Å². The minimum Gasteiger partial charge on any atom is -0.480 e. The number of hydrogen-bond acceptors (Lipinski definition) is 7. The molecular weight excluding hydrogens is 464 g/mol. The molecule has 0 saturated carbocycles. The largest absolute Gasteiger partial charge is 0.480 e. The maximum atomic E-state index is 13.3. The number of carbonyl (C=O) groups is 2. The Morgan fingerprint density at radius 3 is 2.63 bits per heavy atom. The molecule has 2 aromatic heterocycles. The standard InChI is InChI=1S/C25H28N6O3S/c1-25(2,3)17-9-7-8-15(10-17)21(32)28-18-11-19(22(34-5)26-13-18)31-14-16-12-27-23(35-6)29-20(16)30(4)24(31)33/h7-13H,14H2,1-6H3,(H,28,32). The van der Waals surface area contributed by atoms with Crippen molar-refractivity contribution in [3.63, 3.8) is 0 Å². The number of amides is 3. The zero-order valence-corrected chi connectivity index (χ0v) is 21.4. The van der Waals surface area contributed by atoms with Crippen LogP contribution in [0.2, 0.25) is 0 Å². The molecule has 4 rings (SSSR count). The van der Waals surface area contributed by atoms with Crippen LogP contribution in [-0.4, -0.2) is 47.3 Å². The van der Waals surface area contributed by atoms with Crippen molar-refractivity contribution in [2.45, 2.75) is 37.9 Å². The first-order valence-corrected chi connectivity index (χ1v) is 12.3. The van der Waals surface area contributed by atoms with Gasteiger partial charge in [-0.2, -0.15) is 0 Å². The Hall–Kier alpha value is -3.66. The third kappa shape index (κ3) is 4.93. The van der Waals surface area contributed by atoms with E-state index in [2.05, 4.69) is 41.0 Å². The van der Waals surface area contributed by atoms with Gasteiger partial charge in [0, 0.05) is 24.4 Å². The molecule has 3 heterocycles. The lowest BCUT2D eigenvalue weighted by atomic mass is 9.86. The first-order chi connectivity index (χ1) is 16.6. The molecule has 0 spiro atoms. The highest BCUT2D eigenvalue weighted by atomic mass is 32.2. The van der Waals surface area contributed by atoms with Crippen LogP contribution in [0.1, 0.15) is 42.3 Å². The lowest BCUT2D eigenvalue weighted by molar-refractivity contribution is 0.102. The van der Waals surface area contributed by atoms with Gasteiger partial charge in [-0.1, -0.05) is 44.7 Å². The molecule has 1 N–H and O–H groups in total. The Balaban J connectivity index is 1.64. The van der Waals surface area contributed by atoms with E-state index in [1.807, 2.05) is 24.5 Å². The van der Waals surface area contributed by atoms with Gasteiger partial charge in [0.15, 0.2) is 5.16 Å². The molecule has 3 amide bonds. The summed E-state index contributed by atoms with van der Waals surface area (Å²) >= 11 is 1.41. The molecule has 1 aliphatic heterocycles. The zero-order chi connectivity index (χ0) is 25.3. The van der Waals surface area contributed by atoms with Crippen molar-refractivity contribution in [2.75, 3.05) is 35.5 Å². The van der Waals surface area contributed by atoms with Crippen molar-refractivity contribution in [2.24, 2.45) is 0 Å². The fraction of sp³-hybridized carbons (Fsp3) is 0.320. The molecule has 0 saturated heterocycles. The Morgan fingerprint density at radius 2 is 1.94 bits per heavy atom. The molecule has 35 heavy (non-hydrogen) atoms. The minimum atomic E-state index is -0.287. The number of carbonyl (C=O) groups excluding carboxylic acids is 2. The predicted molar refractivity (Wildman–Crippen MR) is 138 cm³/mol. The Labute approximate surface area is 208 Å². The normalized spacial score (nSPS) is 13.5. The van der Waals surface area contributed by atoms with Crippen LogP contribution < -0.4 is 19.9 Å². The number of thioether (sulfide) groups is 1. The number of pyridine rings is 1. The number of aromatic nitrogens is 3. The van der Waals surface area contributed by atoms with E-state index in [0.717, 1.165) is 11.1 Å². The number of ether oxygens (including phenoxy) is 1. The molecule has 0 unspecified atom stereocenters. The van der Waals surface area contributed by atoms with Gasteiger partial charge < -0.3 is 10.1 Å². The quantitative estimate of drug-likeness (QED) is 0.406. The zero-order valence-electron chi connectivity index (χ0n) is 20.6. The van der Waals surface area contributed by atoms with Gasteiger partial charge in [-0.05, 0) is 35.4 Å². The second-order valence-electron chi connectivity index (χ2n) is 9.17. The van der Waals surface area contributed by atoms with E-state index in [1.54, 1.807) is 25.4 Å². The molecule has 10 heteroatoms. The highest BCUT2D eigenvalue weighted by molar-refractivity contribution is 7.98. The third-order valence-electron chi connectivity index (χ3n) is 5.73. The minimum absolute atomic E-state index is 0.0810. The summed E-state index contributed by atoms with van der Waals surface area (Å²) in [5, 5.41) is 3.49. The molecule has 0 aliphatic carbocycles. The van der Waals surface area contributed by atoms with Gasteiger partial charge in [0.1, 0.15) is 11.5 Å². The summed E-state index contributed by atoms with van der Waals surface area (Å²) in [7, 11) is 3.15. The number of methoxy groups -OCH3 is 1. The smallest absolute Gasteiger partial charge is 0.330 e. The summed E-state index contributed by atoms with van der Waals surface area (Å²) in [6.45, 7) is 6.54. The van der Waals surface area contributed by atoms with Gasteiger partial charge >= 0.3 is 6.03 Å². The van der Waals surface area contributed by atoms with E-state index in [0.29, 0.717) is 27.9 Å². The van der Waals surface area contributed by atoms with E-state index in [9.17, 15) is 9.59 Å². The van der Waals surface area contributed by atoms with Gasteiger partial charge in [-0.15, -0.1) is 0 Å². The van der Waals surface area contributed by atoms with Crippen LogP contribution >= 0.6 is 11.8 Å².